The van der Waals surface area contributed by atoms with Crippen molar-refractivity contribution in [2.45, 2.75) is 19.6 Å². The lowest BCUT2D eigenvalue weighted by Gasteiger charge is -2.20. The van der Waals surface area contributed by atoms with Crippen molar-refractivity contribution in [1.29, 1.82) is 0 Å². The van der Waals surface area contributed by atoms with Gasteiger partial charge in [-0.1, -0.05) is 18.5 Å². The van der Waals surface area contributed by atoms with E-state index in [1.165, 1.54) is 11.3 Å². The second kappa shape index (κ2) is 6.85. The van der Waals surface area contributed by atoms with Crippen LogP contribution in [0.25, 0.3) is 0 Å². The van der Waals surface area contributed by atoms with Gasteiger partial charge in [0.05, 0.1) is 6.54 Å². The first-order valence-electron chi connectivity index (χ1n) is 5.20. The van der Waals surface area contributed by atoms with Gasteiger partial charge in [0.1, 0.15) is 0 Å². The molecule has 0 aliphatic heterocycles. The van der Waals surface area contributed by atoms with Crippen LogP contribution in [0.15, 0.2) is 6.20 Å². The fourth-order valence-corrected chi connectivity index (χ4v) is 2.41. The molecular formula is C9H15ClN4O2S. The summed E-state index contributed by atoms with van der Waals surface area (Å²) in [6.07, 6.45) is 0.953. The first-order chi connectivity index (χ1) is 8.06. The largest absolute Gasteiger partial charge is 0.291 e. The minimum atomic E-state index is -0.752. The average molecular weight is 279 g/mol. The van der Waals surface area contributed by atoms with E-state index in [4.69, 9.17) is 11.6 Å². The summed E-state index contributed by atoms with van der Waals surface area (Å²) in [5.74, 6) is 0. The second-order valence-corrected chi connectivity index (χ2v) is 5.19. The summed E-state index contributed by atoms with van der Waals surface area (Å²) in [4.78, 5) is 17.3. The van der Waals surface area contributed by atoms with Crippen molar-refractivity contribution in [2.75, 3.05) is 20.1 Å². The molecule has 0 aliphatic rings. The molecule has 0 aromatic carbocycles. The van der Waals surface area contributed by atoms with Gasteiger partial charge in [-0.25, -0.2) is 4.98 Å². The molecule has 6 nitrogen and oxygen atoms in total. The predicted octanol–water partition coefficient (Wildman–Crippen LogP) is 1.44. The van der Waals surface area contributed by atoms with Crippen molar-refractivity contribution in [3.63, 3.8) is 0 Å². The maximum absolute atomic E-state index is 10.7. The van der Waals surface area contributed by atoms with E-state index in [-0.39, 0.29) is 4.92 Å². The Morgan fingerprint density at radius 1 is 1.76 bits per heavy atom. The van der Waals surface area contributed by atoms with Crippen LogP contribution in [0.1, 0.15) is 11.8 Å². The summed E-state index contributed by atoms with van der Waals surface area (Å²) in [6, 6.07) is 0. The Balaban J connectivity index is 2.56. The summed E-state index contributed by atoms with van der Waals surface area (Å²) >= 11 is 7.14. The lowest BCUT2D eigenvalue weighted by atomic mass is 10.4. The zero-order valence-corrected chi connectivity index (χ0v) is 11.3. The lowest BCUT2D eigenvalue weighted by molar-refractivity contribution is -0.529. The quantitative estimate of drug-likeness (QED) is 0.464. The Morgan fingerprint density at radius 2 is 2.47 bits per heavy atom. The molecule has 1 aromatic heterocycles. The van der Waals surface area contributed by atoms with Crippen molar-refractivity contribution < 1.29 is 4.92 Å². The number of rotatable bonds is 7. The normalized spacial score (nSPS) is 12.9. The molecule has 0 saturated heterocycles. The molecule has 8 heteroatoms. The highest BCUT2D eigenvalue weighted by Gasteiger charge is 2.21. The van der Waals surface area contributed by atoms with E-state index in [2.05, 4.69) is 10.3 Å². The number of halogens is 1. The van der Waals surface area contributed by atoms with Gasteiger partial charge in [-0.2, -0.15) is 0 Å². The smallest absolute Gasteiger partial charge is 0.278 e. The fraction of sp³-hybridized carbons (Fsp3) is 0.667. The van der Waals surface area contributed by atoms with E-state index in [1.807, 2.05) is 11.8 Å². The van der Waals surface area contributed by atoms with Gasteiger partial charge in [0.2, 0.25) is 0 Å². The van der Waals surface area contributed by atoms with Crippen molar-refractivity contribution in [3.8, 4) is 0 Å². The molecule has 0 spiro atoms. The summed E-state index contributed by atoms with van der Waals surface area (Å²) in [6.45, 7) is 3.69. The monoisotopic (exact) mass is 278 g/mol. The third-order valence-corrected chi connectivity index (χ3v) is 3.47. The zero-order chi connectivity index (χ0) is 12.8. The Hall–Kier alpha value is -0.760. The molecule has 0 fully saturated rings. The number of hydrogen-bond acceptors (Lipinski definition) is 6. The van der Waals surface area contributed by atoms with E-state index in [0.29, 0.717) is 17.6 Å². The predicted molar refractivity (Wildman–Crippen MR) is 67.9 cm³/mol. The standard InChI is InChI=1S/C9H15ClN4O2S/c1-3-13(6-8(11-2)14(15)16)5-7-4-12-9(10)17-7/h4,8,11H,3,5-6H2,1-2H3. The molecular weight excluding hydrogens is 264 g/mol. The molecule has 1 aromatic rings. The average Bonchev–Trinajstić information content (AvgIpc) is 2.69. The molecule has 1 atom stereocenters. The van der Waals surface area contributed by atoms with Crippen LogP contribution in [0, 0.1) is 10.1 Å². The highest BCUT2D eigenvalue weighted by molar-refractivity contribution is 7.15. The molecule has 96 valence electrons. The van der Waals surface area contributed by atoms with Crippen molar-refractivity contribution in [3.05, 3.63) is 25.7 Å². The Labute approximate surface area is 109 Å². The van der Waals surface area contributed by atoms with Crippen LogP contribution in [-0.2, 0) is 6.54 Å². The van der Waals surface area contributed by atoms with Gasteiger partial charge >= 0.3 is 0 Å². The number of aromatic nitrogens is 1. The SMILES string of the molecule is CCN(Cc1cnc(Cl)s1)CC(NC)[N+](=O)[O-]. The minimum absolute atomic E-state index is 0.317. The highest BCUT2D eigenvalue weighted by Crippen LogP contribution is 2.19. The van der Waals surface area contributed by atoms with Crippen molar-refractivity contribution >= 4 is 22.9 Å². The number of nitro groups is 1. The van der Waals surface area contributed by atoms with Gasteiger partial charge in [-0.15, -0.1) is 11.3 Å². The van der Waals surface area contributed by atoms with Crippen molar-refractivity contribution in [2.24, 2.45) is 0 Å². The Bertz CT molecular complexity index is 374. The molecule has 1 unspecified atom stereocenters. The maximum Gasteiger partial charge on any atom is 0.278 e. The van der Waals surface area contributed by atoms with Gasteiger partial charge in [0.25, 0.3) is 6.17 Å². The molecule has 17 heavy (non-hydrogen) atoms. The third-order valence-electron chi connectivity index (χ3n) is 2.37. The lowest BCUT2D eigenvalue weighted by Crippen LogP contribution is -2.44. The number of nitrogens with one attached hydrogen (secondary N) is 1. The number of hydrogen-bond donors (Lipinski definition) is 1. The van der Waals surface area contributed by atoms with Crippen LogP contribution >= 0.6 is 22.9 Å². The molecule has 0 saturated carbocycles. The number of thiazole rings is 1. The molecule has 1 N–H and O–H groups in total. The first kappa shape index (κ1) is 14.3. The first-order valence-corrected chi connectivity index (χ1v) is 6.39. The van der Waals surface area contributed by atoms with E-state index in [1.54, 1.807) is 13.2 Å². The Morgan fingerprint density at radius 3 is 2.88 bits per heavy atom. The molecule has 1 rings (SSSR count). The van der Waals surface area contributed by atoms with Crippen molar-refractivity contribution in [1.82, 2.24) is 15.2 Å². The van der Waals surface area contributed by atoms with Crippen LogP contribution < -0.4 is 5.32 Å². The van der Waals surface area contributed by atoms with Gasteiger partial charge in [-0.05, 0) is 13.6 Å². The zero-order valence-electron chi connectivity index (χ0n) is 9.72. The van der Waals surface area contributed by atoms with E-state index in [0.717, 1.165) is 11.4 Å². The van der Waals surface area contributed by atoms with Gasteiger partial charge in [-0.3, -0.25) is 20.3 Å². The number of likely N-dealkylation sites (N-methyl/N-ethyl adjacent to an activating group) is 2. The summed E-state index contributed by atoms with van der Waals surface area (Å²) < 4.78 is 0.496. The second-order valence-electron chi connectivity index (χ2n) is 3.50. The molecule has 0 amide bonds. The molecule has 1 heterocycles. The van der Waals surface area contributed by atoms with Gasteiger partial charge in [0.15, 0.2) is 4.47 Å². The fourth-order valence-electron chi connectivity index (χ4n) is 1.39. The topological polar surface area (TPSA) is 71.3 Å². The van der Waals surface area contributed by atoms with E-state index < -0.39 is 6.17 Å². The van der Waals surface area contributed by atoms with E-state index >= 15 is 0 Å². The molecule has 0 aliphatic carbocycles. The summed E-state index contributed by atoms with van der Waals surface area (Å²) in [5, 5.41) is 13.4. The maximum atomic E-state index is 10.7. The van der Waals surface area contributed by atoms with Crippen LogP contribution in [-0.4, -0.2) is 41.1 Å². The van der Waals surface area contributed by atoms with E-state index in [9.17, 15) is 10.1 Å². The van der Waals surface area contributed by atoms with Crippen LogP contribution in [0.3, 0.4) is 0 Å². The number of nitrogens with zero attached hydrogens (tertiary/aromatic N) is 3. The molecule has 0 bridgehead atoms. The minimum Gasteiger partial charge on any atom is -0.291 e. The Kier molecular flexibility index (Phi) is 5.76. The van der Waals surface area contributed by atoms with Gasteiger partial charge < -0.3 is 0 Å². The van der Waals surface area contributed by atoms with Crippen LogP contribution in [0.2, 0.25) is 4.47 Å². The van der Waals surface area contributed by atoms with Crippen LogP contribution in [0.4, 0.5) is 0 Å². The van der Waals surface area contributed by atoms with Crippen LogP contribution in [0.5, 0.6) is 0 Å². The summed E-state index contributed by atoms with van der Waals surface area (Å²) in [5.41, 5.74) is 0. The third kappa shape index (κ3) is 4.55. The van der Waals surface area contributed by atoms with Gasteiger partial charge in [0, 0.05) is 22.5 Å². The summed E-state index contributed by atoms with van der Waals surface area (Å²) in [7, 11) is 1.59. The molecule has 0 radical (unpaired) electrons. The highest BCUT2D eigenvalue weighted by atomic mass is 35.5.